The van der Waals surface area contributed by atoms with Crippen LogP contribution >= 0.6 is 23.2 Å². The van der Waals surface area contributed by atoms with Crippen LogP contribution in [-0.2, 0) is 17.6 Å². The van der Waals surface area contributed by atoms with E-state index in [4.69, 9.17) is 42.9 Å². The number of hydrogen-bond acceptors (Lipinski definition) is 8. The molecule has 51 heavy (non-hydrogen) atoms. The number of aryl methyl sites for hydroxylation is 5. The number of ether oxygens (including phenoxy) is 2. The van der Waals surface area contributed by atoms with Gasteiger partial charge in [0, 0.05) is 46.7 Å². The van der Waals surface area contributed by atoms with E-state index in [0.29, 0.717) is 44.4 Å². The first-order valence-electron chi connectivity index (χ1n) is 16.3. The number of halogens is 2. The normalized spacial score (nSPS) is 11.0. The molecule has 0 radical (unpaired) electrons. The molecule has 0 unspecified atom stereocenters. The van der Waals surface area contributed by atoms with Gasteiger partial charge in [-0.15, -0.1) is 0 Å². The van der Waals surface area contributed by atoms with E-state index < -0.39 is 0 Å². The zero-order chi connectivity index (χ0) is 36.2. The zero-order valence-corrected chi connectivity index (χ0v) is 30.4. The summed E-state index contributed by atoms with van der Waals surface area (Å²) in [5.74, 6) is 3.43. The number of ketones is 1. The van der Waals surface area contributed by atoms with Gasteiger partial charge in [-0.05, 0) is 123 Å². The maximum atomic E-state index is 12.3. The molecule has 10 heteroatoms. The van der Waals surface area contributed by atoms with Gasteiger partial charge < -0.3 is 19.7 Å². The van der Waals surface area contributed by atoms with Crippen LogP contribution < -0.4 is 15.2 Å². The lowest BCUT2D eigenvalue weighted by atomic mass is 10.1. The first kappa shape index (κ1) is 35.4. The van der Waals surface area contributed by atoms with Crippen molar-refractivity contribution in [2.75, 3.05) is 5.73 Å². The molecule has 8 nitrogen and oxygen atoms in total. The monoisotopic (exact) mass is 718 g/mol. The fraction of sp³-hybridized carbons (Fsp3) is 0.171. The number of nitrogen functional groups attached to an aromatic ring is 1. The average molecular weight is 720 g/mol. The number of Topliss-reactive ketones (excluding diaryl/α,β-unsaturated/α-hetero) is 1. The predicted molar refractivity (Wildman–Crippen MR) is 204 cm³/mol. The number of aromatic nitrogens is 3. The Labute approximate surface area is 306 Å². The van der Waals surface area contributed by atoms with Gasteiger partial charge in [-0.25, -0.2) is 0 Å². The number of carbonyl (C=O) groups is 1. The third-order valence-electron chi connectivity index (χ3n) is 8.53. The molecule has 3 heterocycles. The Morgan fingerprint density at radius 1 is 0.667 bits per heavy atom. The summed E-state index contributed by atoms with van der Waals surface area (Å²) in [6.07, 6.45) is 3.91. The third-order valence-corrected chi connectivity index (χ3v) is 9.21. The van der Waals surface area contributed by atoms with E-state index in [0.717, 1.165) is 33.1 Å². The molecular formula is C41H36Cl2N4O4. The number of pyridine rings is 2. The van der Waals surface area contributed by atoms with Crippen molar-refractivity contribution >= 4 is 56.5 Å². The van der Waals surface area contributed by atoms with Gasteiger partial charge in [-0.1, -0.05) is 34.4 Å². The summed E-state index contributed by atoms with van der Waals surface area (Å²) < 4.78 is 17.0. The lowest BCUT2D eigenvalue weighted by Crippen LogP contribution is -2.07. The topological polar surface area (TPSA) is 113 Å². The molecule has 0 bridgehead atoms. The number of anilines is 1. The van der Waals surface area contributed by atoms with Crippen LogP contribution in [0.15, 0.2) is 95.8 Å². The van der Waals surface area contributed by atoms with E-state index in [9.17, 15) is 4.79 Å². The number of nitrogens with zero attached hydrogens (tertiary/aromatic N) is 3. The quantitative estimate of drug-likeness (QED) is 0.154. The highest BCUT2D eigenvalue weighted by Crippen LogP contribution is 2.34. The Bertz CT molecular complexity index is 2410. The van der Waals surface area contributed by atoms with Gasteiger partial charge >= 0.3 is 0 Å². The van der Waals surface area contributed by atoms with Gasteiger partial charge in [-0.3, -0.25) is 14.8 Å². The van der Waals surface area contributed by atoms with Crippen LogP contribution in [-0.4, -0.2) is 20.9 Å². The molecule has 0 atom stereocenters. The van der Waals surface area contributed by atoms with Crippen LogP contribution in [0.1, 0.15) is 39.3 Å². The molecule has 2 N–H and O–H groups in total. The molecule has 7 rings (SSSR count). The Kier molecular flexibility index (Phi) is 10.6. The van der Waals surface area contributed by atoms with Crippen molar-refractivity contribution in [3.05, 3.63) is 141 Å². The van der Waals surface area contributed by atoms with E-state index in [1.165, 1.54) is 22.3 Å². The zero-order valence-electron chi connectivity index (χ0n) is 28.9. The molecular weight excluding hydrogens is 683 g/mol. The number of nitrogens with two attached hydrogens (primary N) is 1. The molecule has 0 aliphatic carbocycles. The third kappa shape index (κ3) is 8.48. The second-order valence-corrected chi connectivity index (χ2v) is 13.3. The van der Waals surface area contributed by atoms with Crippen molar-refractivity contribution in [3.8, 4) is 23.0 Å². The van der Waals surface area contributed by atoms with Crippen molar-refractivity contribution in [1.29, 1.82) is 0 Å². The minimum absolute atomic E-state index is 0.0184. The predicted octanol–water partition coefficient (Wildman–Crippen LogP) is 10.8. The molecule has 258 valence electrons. The molecule has 7 aromatic rings. The van der Waals surface area contributed by atoms with Crippen molar-refractivity contribution in [2.45, 2.75) is 47.5 Å². The average Bonchev–Trinajstić information content (AvgIpc) is 3.50. The SMILES string of the molecule is Cc1cc(CC(=O)Cc2ccc(Oc3ccnc4cc(C)c(C)cc34)cc2Cl)no1.Cc1cc2nccc(Oc3ccc(N)c(Cl)c3)c2cc1C. The van der Waals surface area contributed by atoms with E-state index in [1.807, 2.05) is 24.3 Å². The first-order chi connectivity index (χ1) is 24.4. The smallest absolute Gasteiger partial charge is 0.143 e. The van der Waals surface area contributed by atoms with Crippen molar-refractivity contribution in [2.24, 2.45) is 0 Å². The summed E-state index contributed by atoms with van der Waals surface area (Å²) >= 11 is 12.5. The largest absolute Gasteiger partial charge is 0.457 e. The van der Waals surface area contributed by atoms with E-state index in [-0.39, 0.29) is 18.6 Å². The molecule has 0 saturated heterocycles. The minimum atomic E-state index is 0.0184. The number of benzene rings is 4. The lowest BCUT2D eigenvalue weighted by Gasteiger charge is -2.12. The van der Waals surface area contributed by atoms with E-state index in [1.54, 1.807) is 49.6 Å². The van der Waals surface area contributed by atoms with E-state index >= 15 is 0 Å². The van der Waals surface area contributed by atoms with Gasteiger partial charge in [0.2, 0.25) is 0 Å². The van der Waals surface area contributed by atoms with Crippen molar-refractivity contribution in [1.82, 2.24) is 15.1 Å². The molecule has 0 saturated carbocycles. The number of hydrogen-bond donors (Lipinski definition) is 1. The Balaban J connectivity index is 0.000000187. The highest BCUT2D eigenvalue weighted by atomic mass is 35.5. The fourth-order valence-electron chi connectivity index (χ4n) is 5.48. The Hall–Kier alpha value is -5.44. The van der Waals surface area contributed by atoms with Crippen LogP contribution in [0.4, 0.5) is 5.69 Å². The second kappa shape index (κ2) is 15.2. The van der Waals surface area contributed by atoms with Crippen molar-refractivity contribution < 1.29 is 18.8 Å². The first-order valence-corrected chi connectivity index (χ1v) is 17.0. The van der Waals surface area contributed by atoms with Gasteiger partial charge in [0.25, 0.3) is 0 Å². The second-order valence-electron chi connectivity index (χ2n) is 12.5. The highest BCUT2D eigenvalue weighted by Gasteiger charge is 2.13. The standard InChI is InChI=1S/C24H21ClN2O3.C17H15ClN2O/c1-14-8-21-23(9-15(14)2)26-7-6-24(21)29-20-5-4-17(22(25)13-20)11-19(28)12-18-10-16(3)30-27-18;1-10-7-13-16(8-11(10)2)20-6-5-17(13)21-12-3-4-15(19)14(18)9-12/h4-10,13H,11-12H2,1-3H3;3-9H,19H2,1-2H3. The van der Waals surface area contributed by atoms with Gasteiger partial charge in [-0.2, -0.15) is 0 Å². The number of rotatable bonds is 8. The number of fused-ring (bicyclic) bond motifs is 2. The molecule has 0 fully saturated rings. The van der Waals surface area contributed by atoms with Gasteiger partial charge in [0.05, 0.1) is 33.9 Å². The van der Waals surface area contributed by atoms with Gasteiger partial charge in [0.15, 0.2) is 0 Å². The molecule has 0 amide bonds. The summed E-state index contributed by atoms with van der Waals surface area (Å²) in [7, 11) is 0. The lowest BCUT2D eigenvalue weighted by molar-refractivity contribution is -0.117. The van der Waals surface area contributed by atoms with Crippen LogP contribution in [0.3, 0.4) is 0 Å². The van der Waals surface area contributed by atoms with Crippen molar-refractivity contribution in [3.63, 3.8) is 0 Å². The van der Waals surface area contributed by atoms with Crippen LogP contribution in [0, 0.1) is 34.6 Å². The Morgan fingerprint density at radius 2 is 1.20 bits per heavy atom. The van der Waals surface area contributed by atoms with E-state index in [2.05, 4.69) is 67.1 Å². The summed E-state index contributed by atoms with van der Waals surface area (Å²) in [6.45, 7) is 10.1. The van der Waals surface area contributed by atoms with Crippen LogP contribution in [0.25, 0.3) is 21.8 Å². The maximum absolute atomic E-state index is 12.3. The summed E-state index contributed by atoms with van der Waals surface area (Å²) in [5, 5.41) is 6.76. The number of carbonyl (C=O) groups excluding carboxylic acids is 1. The highest BCUT2D eigenvalue weighted by molar-refractivity contribution is 6.33. The summed E-state index contributed by atoms with van der Waals surface area (Å²) in [4.78, 5) is 21.2. The molecule has 0 aliphatic heterocycles. The molecule has 0 aliphatic rings. The van der Waals surface area contributed by atoms with Gasteiger partial charge in [0.1, 0.15) is 34.5 Å². The maximum Gasteiger partial charge on any atom is 0.143 e. The summed E-state index contributed by atoms with van der Waals surface area (Å²) in [5.41, 5.74) is 14.2. The molecule has 3 aromatic heterocycles. The summed E-state index contributed by atoms with van der Waals surface area (Å²) in [6, 6.07) is 24.3. The minimum Gasteiger partial charge on any atom is -0.457 e. The van der Waals surface area contributed by atoms with Crippen LogP contribution in [0.5, 0.6) is 23.0 Å². The molecule has 0 spiro atoms. The van der Waals surface area contributed by atoms with Crippen LogP contribution in [0.2, 0.25) is 10.0 Å². The fourth-order valence-corrected chi connectivity index (χ4v) is 5.88. The molecule has 4 aromatic carbocycles. The Morgan fingerprint density at radius 3 is 1.71 bits per heavy atom.